The fraction of sp³-hybridized carbons (Fsp3) is 0.512. The van der Waals surface area contributed by atoms with Crippen LogP contribution in [0.3, 0.4) is 0 Å². The van der Waals surface area contributed by atoms with Crippen LogP contribution in [0.15, 0.2) is 18.2 Å². The first-order valence-electron chi connectivity index (χ1n) is 19.7. The van der Waals surface area contributed by atoms with Crippen molar-refractivity contribution in [2.45, 2.75) is 94.6 Å². The van der Waals surface area contributed by atoms with Crippen LogP contribution in [0.4, 0.5) is 0 Å². The number of aryl methyl sites for hydroxylation is 1. The van der Waals surface area contributed by atoms with Gasteiger partial charge in [-0.25, -0.2) is 4.79 Å². The Kier molecular flexibility index (Phi) is 9.42. The summed E-state index contributed by atoms with van der Waals surface area (Å²) in [5, 5.41) is 25.1. The van der Waals surface area contributed by atoms with E-state index < -0.39 is 40.9 Å². The number of nitrogens with one attached hydrogen (secondary N) is 1. The Morgan fingerprint density at radius 1 is 1.05 bits per heavy atom. The average molecular weight is 813 g/mol. The molecule has 7 atom stereocenters. The molecule has 2 N–H and O–H groups in total. The summed E-state index contributed by atoms with van der Waals surface area (Å²) >= 11 is 1.53. The second kappa shape index (κ2) is 14.1. The van der Waals surface area contributed by atoms with Crippen molar-refractivity contribution in [2.75, 3.05) is 47.0 Å². The monoisotopic (exact) mass is 812 g/mol. The maximum atomic E-state index is 14.9. The molecule has 2 saturated heterocycles. The second-order valence-corrected chi connectivity index (χ2v) is 17.4. The number of carbonyl (C=O) groups excluding carboxylic acids is 2. The van der Waals surface area contributed by atoms with E-state index in [1.165, 1.54) is 25.8 Å². The molecule has 15 heteroatoms. The number of benzene rings is 3. The van der Waals surface area contributed by atoms with Crippen LogP contribution in [0.2, 0.25) is 0 Å². The van der Waals surface area contributed by atoms with E-state index in [1.807, 2.05) is 27.7 Å². The number of ether oxygens (including phenoxy) is 7. The number of phenols is 1. The molecule has 0 saturated carbocycles. The molecular formula is C43H48N4O10S. The highest BCUT2D eigenvalue weighted by Crippen LogP contribution is 2.65. The first-order chi connectivity index (χ1) is 27.8. The van der Waals surface area contributed by atoms with Crippen LogP contribution in [0.1, 0.15) is 82.6 Å². The smallest absolute Gasteiger partial charge is 0.331 e. The van der Waals surface area contributed by atoms with Gasteiger partial charge in [-0.3, -0.25) is 19.9 Å². The summed E-state index contributed by atoms with van der Waals surface area (Å²) in [4.78, 5) is 32.5. The first-order valence-corrected chi connectivity index (χ1v) is 20.7. The molecule has 3 aromatic rings. The Morgan fingerprint density at radius 3 is 2.53 bits per heavy atom. The number of rotatable bonds is 5. The molecule has 10 rings (SSSR count). The molecule has 0 amide bonds. The van der Waals surface area contributed by atoms with Gasteiger partial charge in [-0.2, -0.15) is 5.26 Å². The van der Waals surface area contributed by atoms with Crippen molar-refractivity contribution in [3.8, 4) is 46.3 Å². The molecule has 7 heterocycles. The van der Waals surface area contributed by atoms with Crippen molar-refractivity contribution in [3.05, 3.63) is 62.7 Å². The van der Waals surface area contributed by atoms with Gasteiger partial charge < -0.3 is 38.3 Å². The van der Waals surface area contributed by atoms with Gasteiger partial charge in [0.2, 0.25) is 6.79 Å². The first kappa shape index (κ1) is 38.6. The Balaban J connectivity index is 1.34. The zero-order valence-electron chi connectivity index (χ0n) is 33.9. The lowest BCUT2D eigenvalue weighted by atomic mass is 9.71. The molecule has 1 spiro atoms. The summed E-state index contributed by atoms with van der Waals surface area (Å²) < 4.78 is 43.4. The molecule has 58 heavy (non-hydrogen) atoms. The molecule has 0 radical (unpaired) electrons. The number of hydrogen-bond acceptors (Lipinski definition) is 15. The minimum absolute atomic E-state index is 0.0104. The third kappa shape index (κ3) is 5.48. The van der Waals surface area contributed by atoms with E-state index in [2.05, 4.69) is 34.3 Å². The summed E-state index contributed by atoms with van der Waals surface area (Å²) in [6.45, 7) is 9.51. The number of piperazine rings is 1. The van der Waals surface area contributed by atoms with Gasteiger partial charge in [0.25, 0.3) is 0 Å². The standard InChI is InChI=1S/C43H48N4O10S/c1-19(2)56-40-31-24(11-20(3)36(40)52-8)12-26-27(15-44)47-28-16-53-42(50)43(25-14-30(51-7)29(49)13-23(25)9-10-45-43)17-58-41(35(47)34(31)46(26)6)33-32(28)39-38(54-18-55-39)21(4)37(33)57-22(5)48/h11,13-14,19,26-28,34-35,41,45,49H,9-10,12,16-18H2,1-8H3/t26-,27-,28-,34-,35?,41+,43+/m0/s1. The van der Waals surface area contributed by atoms with Gasteiger partial charge in [0.05, 0.1) is 43.7 Å². The Labute approximate surface area is 341 Å². The number of esters is 2. The third-order valence-corrected chi connectivity index (χ3v) is 14.2. The molecule has 0 aliphatic carbocycles. The van der Waals surface area contributed by atoms with Crippen molar-refractivity contribution < 1.29 is 47.9 Å². The van der Waals surface area contributed by atoms with E-state index >= 15 is 0 Å². The number of aromatic hydroxyl groups is 1. The van der Waals surface area contributed by atoms with Gasteiger partial charge in [-0.1, -0.05) is 6.07 Å². The summed E-state index contributed by atoms with van der Waals surface area (Å²) in [6.07, 6.45) is 0.977. The number of thioether (sulfide) groups is 1. The molecule has 2 fully saturated rings. The van der Waals surface area contributed by atoms with Crippen LogP contribution in [-0.4, -0.2) is 98.0 Å². The Bertz CT molecular complexity index is 2290. The van der Waals surface area contributed by atoms with Crippen molar-refractivity contribution in [3.63, 3.8) is 0 Å². The Morgan fingerprint density at radius 2 is 1.83 bits per heavy atom. The maximum Gasteiger partial charge on any atom is 0.331 e. The highest BCUT2D eigenvalue weighted by atomic mass is 32.2. The van der Waals surface area contributed by atoms with Crippen LogP contribution in [-0.2, 0) is 32.7 Å². The molecule has 14 nitrogen and oxygen atoms in total. The van der Waals surface area contributed by atoms with E-state index in [-0.39, 0.29) is 48.8 Å². The Hall–Kier alpha value is -4.88. The summed E-state index contributed by atoms with van der Waals surface area (Å²) in [5.41, 5.74) is 5.16. The third-order valence-electron chi connectivity index (χ3n) is 12.8. The summed E-state index contributed by atoms with van der Waals surface area (Å²) in [6, 6.07) is 5.81. The lowest BCUT2D eigenvalue weighted by Crippen LogP contribution is -2.69. The van der Waals surface area contributed by atoms with Gasteiger partial charge in [0, 0.05) is 53.6 Å². The largest absolute Gasteiger partial charge is 0.504 e. The van der Waals surface area contributed by atoms with Gasteiger partial charge in [0.1, 0.15) is 18.4 Å². The zero-order valence-corrected chi connectivity index (χ0v) is 34.7. The van der Waals surface area contributed by atoms with Gasteiger partial charge in [0.15, 0.2) is 40.0 Å². The SMILES string of the molecule is COc1cc2c(cc1O)CCN[C@]21CS[C@@H]2c3c(OC(C)=O)c(C)c4c(c3[C@H](COC1=O)N1C2[C@@H]2c3c(cc(C)c(OC)c3OC(C)C)C[C@@H]([C@@H]1C#N)N2C)OCO4. The van der Waals surface area contributed by atoms with E-state index in [4.69, 9.17) is 33.2 Å². The summed E-state index contributed by atoms with van der Waals surface area (Å²) in [7, 11) is 5.20. The molecule has 4 bridgehead atoms. The minimum atomic E-state index is -1.34. The number of methoxy groups -OCH3 is 2. The number of hydrogen-bond donors (Lipinski definition) is 2. The quantitative estimate of drug-likeness (QED) is 0.260. The molecule has 7 aliphatic heterocycles. The van der Waals surface area contributed by atoms with Crippen molar-refractivity contribution in [2.24, 2.45) is 0 Å². The van der Waals surface area contributed by atoms with E-state index in [0.717, 1.165) is 27.8 Å². The van der Waals surface area contributed by atoms with Crippen LogP contribution in [0.25, 0.3) is 0 Å². The molecule has 0 aromatic heterocycles. The van der Waals surface area contributed by atoms with Gasteiger partial charge in [-0.15, -0.1) is 11.8 Å². The maximum absolute atomic E-state index is 14.9. The number of phenolic OH excluding ortho intramolecular Hbond substituents is 1. The van der Waals surface area contributed by atoms with E-state index in [0.29, 0.717) is 64.8 Å². The fourth-order valence-corrected chi connectivity index (χ4v) is 12.2. The molecule has 306 valence electrons. The number of nitriles is 1. The van der Waals surface area contributed by atoms with Crippen molar-refractivity contribution in [1.82, 2.24) is 15.1 Å². The highest BCUT2D eigenvalue weighted by Gasteiger charge is 2.62. The molecule has 1 unspecified atom stereocenters. The predicted molar refractivity (Wildman–Crippen MR) is 212 cm³/mol. The average Bonchev–Trinajstić information content (AvgIpc) is 3.68. The molecular weight excluding hydrogens is 765 g/mol. The molecule has 3 aromatic carbocycles. The number of likely N-dealkylation sites (N-methyl/N-ethyl adjacent to an activating group) is 1. The van der Waals surface area contributed by atoms with E-state index in [1.54, 1.807) is 19.2 Å². The normalized spacial score (nSPS) is 28.1. The van der Waals surface area contributed by atoms with E-state index in [9.17, 15) is 20.0 Å². The fourth-order valence-electron chi connectivity index (χ4n) is 10.5. The van der Waals surface area contributed by atoms with Gasteiger partial charge in [-0.05, 0) is 82.0 Å². The minimum Gasteiger partial charge on any atom is -0.504 e. The van der Waals surface area contributed by atoms with Crippen molar-refractivity contribution in [1.29, 1.82) is 5.26 Å². The number of nitrogens with zero attached hydrogens (tertiary/aromatic N) is 3. The topological polar surface area (TPSA) is 161 Å². The van der Waals surface area contributed by atoms with Crippen LogP contribution in [0.5, 0.6) is 40.2 Å². The van der Waals surface area contributed by atoms with Crippen LogP contribution in [0, 0.1) is 25.2 Å². The van der Waals surface area contributed by atoms with Crippen molar-refractivity contribution >= 4 is 23.7 Å². The second-order valence-electron chi connectivity index (χ2n) is 16.2. The van der Waals surface area contributed by atoms with Gasteiger partial charge >= 0.3 is 11.9 Å². The number of carbonyl (C=O) groups is 2. The lowest BCUT2D eigenvalue weighted by molar-refractivity contribution is -0.157. The van der Waals surface area contributed by atoms with Crippen LogP contribution >= 0.6 is 11.8 Å². The predicted octanol–water partition coefficient (Wildman–Crippen LogP) is 5.07. The highest BCUT2D eigenvalue weighted by molar-refractivity contribution is 7.99. The zero-order chi connectivity index (χ0) is 40.9. The summed E-state index contributed by atoms with van der Waals surface area (Å²) in [5.74, 6) is 2.06. The lowest BCUT2D eigenvalue weighted by Gasteiger charge is -2.62. The molecule has 7 aliphatic rings. The number of fused-ring (bicyclic) bond motifs is 9. The van der Waals surface area contributed by atoms with Crippen LogP contribution < -0.4 is 33.7 Å².